The summed E-state index contributed by atoms with van der Waals surface area (Å²) in [7, 11) is 5.37. The Bertz CT molecular complexity index is 809. The number of nitrogens with one attached hydrogen (secondary N) is 1. The SMILES string of the molecule is CCCOc1ccc(CN=C(NCC)N(C)Cc2csc(C(C)OC)n2)cc1OC. The monoisotopic (exact) mass is 434 g/mol. The van der Waals surface area contributed by atoms with Crippen LogP contribution in [0.5, 0.6) is 11.5 Å². The van der Waals surface area contributed by atoms with Gasteiger partial charge in [-0.05, 0) is 38.0 Å². The van der Waals surface area contributed by atoms with Crippen molar-refractivity contribution in [2.75, 3.05) is 34.4 Å². The molecule has 0 aliphatic heterocycles. The second kappa shape index (κ2) is 12.4. The molecule has 2 rings (SSSR count). The smallest absolute Gasteiger partial charge is 0.194 e. The third kappa shape index (κ3) is 6.88. The minimum absolute atomic E-state index is 0.00946. The lowest BCUT2D eigenvalue weighted by Gasteiger charge is -2.21. The largest absolute Gasteiger partial charge is 0.493 e. The standard InChI is InChI=1S/C22H34N4O3S/c1-7-11-29-19-10-9-17(12-20(19)28-6)13-24-22(23-8-2)26(4)14-18-15-30-21(25-18)16(3)27-5/h9-10,12,15-16H,7-8,11,13-14H2,1-6H3,(H,23,24). The summed E-state index contributed by atoms with van der Waals surface area (Å²) in [5, 5.41) is 6.41. The molecule has 166 valence electrons. The fourth-order valence-corrected chi connectivity index (χ4v) is 3.62. The molecular formula is C22H34N4O3S. The Hall–Kier alpha value is -2.32. The van der Waals surface area contributed by atoms with E-state index in [9.17, 15) is 0 Å². The molecule has 1 heterocycles. The third-order valence-corrected chi connectivity index (χ3v) is 5.52. The van der Waals surface area contributed by atoms with Crippen LogP contribution in [0.2, 0.25) is 0 Å². The van der Waals surface area contributed by atoms with E-state index in [2.05, 4.69) is 34.4 Å². The van der Waals surface area contributed by atoms with Gasteiger partial charge in [-0.1, -0.05) is 13.0 Å². The van der Waals surface area contributed by atoms with Crippen LogP contribution in [-0.4, -0.2) is 50.3 Å². The predicted octanol–water partition coefficient (Wildman–Crippen LogP) is 4.25. The number of thiazole rings is 1. The summed E-state index contributed by atoms with van der Waals surface area (Å²) >= 11 is 1.62. The lowest BCUT2D eigenvalue weighted by Crippen LogP contribution is -2.38. The molecule has 0 saturated carbocycles. The van der Waals surface area contributed by atoms with Crippen LogP contribution >= 0.6 is 11.3 Å². The van der Waals surface area contributed by atoms with E-state index >= 15 is 0 Å². The zero-order valence-electron chi connectivity index (χ0n) is 18.9. The Morgan fingerprint density at radius 1 is 1.27 bits per heavy atom. The van der Waals surface area contributed by atoms with Crippen molar-refractivity contribution >= 4 is 17.3 Å². The molecule has 1 unspecified atom stereocenters. The topological polar surface area (TPSA) is 68.2 Å². The molecule has 0 fully saturated rings. The van der Waals surface area contributed by atoms with Gasteiger partial charge in [0, 0.05) is 26.1 Å². The van der Waals surface area contributed by atoms with Crippen LogP contribution in [0.4, 0.5) is 0 Å². The highest BCUT2D eigenvalue weighted by molar-refractivity contribution is 7.09. The van der Waals surface area contributed by atoms with Crippen LogP contribution in [-0.2, 0) is 17.8 Å². The second-order valence-electron chi connectivity index (χ2n) is 6.91. The summed E-state index contributed by atoms with van der Waals surface area (Å²) < 4.78 is 16.6. The quantitative estimate of drug-likeness (QED) is 0.421. The molecule has 0 saturated heterocycles. The van der Waals surface area contributed by atoms with E-state index in [0.29, 0.717) is 19.7 Å². The van der Waals surface area contributed by atoms with Gasteiger partial charge in [0.25, 0.3) is 0 Å². The van der Waals surface area contributed by atoms with Crippen molar-refractivity contribution in [2.24, 2.45) is 4.99 Å². The van der Waals surface area contributed by atoms with Crippen molar-refractivity contribution in [2.45, 2.75) is 46.4 Å². The number of aromatic nitrogens is 1. The molecule has 2 aromatic rings. The Kier molecular flexibility index (Phi) is 9.89. The maximum absolute atomic E-state index is 5.73. The van der Waals surface area contributed by atoms with Gasteiger partial charge >= 0.3 is 0 Å². The Morgan fingerprint density at radius 3 is 2.73 bits per heavy atom. The zero-order chi connectivity index (χ0) is 21.9. The van der Waals surface area contributed by atoms with E-state index in [1.807, 2.05) is 32.2 Å². The maximum atomic E-state index is 5.73. The van der Waals surface area contributed by atoms with Crippen LogP contribution in [0, 0.1) is 0 Å². The highest BCUT2D eigenvalue weighted by atomic mass is 32.1. The predicted molar refractivity (Wildman–Crippen MR) is 123 cm³/mol. The average molecular weight is 435 g/mol. The summed E-state index contributed by atoms with van der Waals surface area (Å²) in [6.45, 7) is 8.83. The normalized spacial score (nSPS) is 12.5. The molecule has 1 N–H and O–H groups in total. The van der Waals surface area contributed by atoms with Gasteiger partial charge < -0.3 is 24.4 Å². The van der Waals surface area contributed by atoms with E-state index < -0.39 is 0 Å². The van der Waals surface area contributed by atoms with Crippen molar-refractivity contribution < 1.29 is 14.2 Å². The second-order valence-corrected chi connectivity index (χ2v) is 7.80. The molecule has 0 aliphatic carbocycles. The van der Waals surface area contributed by atoms with E-state index in [0.717, 1.165) is 46.7 Å². The molecule has 1 aromatic carbocycles. The van der Waals surface area contributed by atoms with Crippen molar-refractivity contribution in [3.05, 3.63) is 39.8 Å². The number of hydrogen-bond donors (Lipinski definition) is 1. The van der Waals surface area contributed by atoms with Gasteiger partial charge in [0.1, 0.15) is 11.1 Å². The Labute approximate surface area is 184 Å². The van der Waals surface area contributed by atoms with Gasteiger partial charge in [0.2, 0.25) is 0 Å². The lowest BCUT2D eigenvalue weighted by atomic mass is 10.2. The van der Waals surface area contributed by atoms with Crippen molar-refractivity contribution in [1.29, 1.82) is 0 Å². The van der Waals surface area contributed by atoms with Crippen LogP contribution in [0.25, 0.3) is 0 Å². The Morgan fingerprint density at radius 2 is 2.07 bits per heavy atom. The Balaban J connectivity index is 2.08. The van der Waals surface area contributed by atoms with Gasteiger partial charge in [-0.25, -0.2) is 9.98 Å². The minimum atomic E-state index is 0.00946. The minimum Gasteiger partial charge on any atom is -0.493 e. The highest BCUT2D eigenvalue weighted by Gasteiger charge is 2.13. The zero-order valence-corrected chi connectivity index (χ0v) is 19.7. The number of guanidine groups is 1. The summed E-state index contributed by atoms with van der Waals surface area (Å²) in [5.74, 6) is 2.33. The molecule has 30 heavy (non-hydrogen) atoms. The first-order chi connectivity index (χ1) is 14.5. The number of ether oxygens (including phenoxy) is 3. The number of rotatable bonds is 11. The summed E-state index contributed by atoms with van der Waals surface area (Å²) in [4.78, 5) is 11.5. The molecule has 0 bridgehead atoms. The molecule has 1 aromatic heterocycles. The third-order valence-electron chi connectivity index (χ3n) is 4.47. The molecule has 1 atom stereocenters. The maximum Gasteiger partial charge on any atom is 0.194 e. The highest BCUT2D eigenvalue weighted by Crippen LogP contribution is 2.28. The van der Waals surface area contributed by atoms with Gasteiger partial charge in [-0.2, -0.15) is 0 Å². The number of benzene rings is 1. The fourth-order valence-electron chi connectivity index (χ4n) is 2.78. The van der Waals surface area contributed by atoms with Gasteiger partial charge in [-0.3, -0.25) is 0 Å². The van der Waals surface area contributed by atoms with E-state index in [1.165, 1.54) is 0 Å². The first-order valence-corrected chi connectivity index (χ1v) is 11.2. The van der Waals surface area contributed by atoms with Crippen LogP contribution in [0.3, 0.4) is 0 Å². The van der Waals surface area contributed by atoms with E-state index in [4.69, 9.17) is 19.2 Å². The van der Waals surface area contributed by atoms with Crippen molar-refractivity contribution in [3.8, 4) is 11.5 Å². The average Bonchev–Trinajstić information content (AvgIpc) is 3.23. The number of hydrogen-bond acceptors (Lipinski definition) is 6. The van der Waals surface area contributed by atoms with Gasteiger partial charge in [-0.15, -0.1) is 11.3 Å². The lowest BCUT2D eigenvalue weighted by molar-refractivity contribution is 0.119. The first-order valence-electron chi connectivity index (χ1n) is 10.3. The van der Waals surface area contributed by atoms with Gasteiger partial charge in [0.05, 0.1) is 32.5 Å². The van der Waals surface area contributed by atoms with E-state index in [-0.39, 0.29) is 6.10 Å². The van der Waals surface area contributed by atoms with Crippen molar-refractivity contribution in [3.63, 3.8) is 0 Å². The van der Waals surface area contributed by atoms with Crippen molar-refractivity contribution in [1.82, 2.24) is 15.2 Å². The molecule has 0 aliphatic rings. The number of aliphatic imine (C=N–C) groups is 1. The number of methoxy groups -OCH3 is 2. The number of nitrogens with zero attached hydrogens (tertiary/aromatic N) is 3. The fraction of sp³-hybridized carbons (Fsp3) is 0.545. The molecule has 7 nitrogen and oxygen atoms in total. The van der Waals surface area contributed by atoms with Gasteiger partial charge in [0.15, 0.2) is 17.5 Å². The molecule has 8 heteroatoms. The summed E-state index contributed by atoms with van der Waals surface area (Å²) in [6.07, 6.45) is 0.966. The first kappa shape index (κ1) is 24.0. The van der Waals surface area contributed by atoms with Crippen LogP contribution < -0.4 is 14.8 Å². The molecule has 0 amide bonds. The molecular weight excluding hydrogens is 400 g/mol. The molecule has 0 radical (unpaired) electrons. The van der Waals surface area contributed by atoms with E-state index in [1.54, 1.807) is 25.6 Å². The molecule has 0 spiro atoms. The van der Waals surface area contributed by atoms with Crippen LogP contribution in [0.1, 0.15) is 49.6 Å². The summed E-state index contributed by atoms with van der Waals surface area (Å²) in [5.41, 5.74) is 2.07. The summed E-state index contributed by atoms with van der Waals surface area (Å²) in [6, 6.07) is 5.96. The van der Waals surface area contributed by atoms with Crippen LogP contribution in [0.15, 0.2) is 28.6 Å².